The van der Waals surface area contributed by atoms with Crippen LogP contribution < -0.4 is 14.4 Å². The molecular weight excluding hydrogens is 368 g/mol. The summed E-state index contributed by atoms with van der Waals surface area (Å²) in [6, 6.07) is 2.17. The van der Waals surface area contributed by atoms with Gasteiger partial charge in [0.25, 0.3) is 0 Å². The van der Waals surface area contributed by atoms with Crippen molar-refractivity contribution in [2.45, 2.75) is 20.3 Å². The van der Waals surface area contributed by atoms with Crippen molar-refractivity contribution < 1.29 is 9.47 Å². The van der Waals surface area contributed by atoms with Gasteiger partial charge in [-0.05, 0) is 17.9 Å². The summed E-state index contributed by atoms with van der Waals surface area (Å²) >= 11 is 6.35. The third-order valence-corrected chi connectivity index (χ3v) is 5.05. The van der Waals surface area contributed by atoms with Gasteiger partial charge in [-0.15, -0.1) is 0 Å². The molecular formula is C18H21ClN6O2. The Morgan fingerprint density at radius 1 is 1.15 bits per heavy atom. The quantitative estimate of drug-likeness (QED) is 0.679. The molecule has 9 heteroatoms. The number of aromatic nitrogens is 5. The Morgan fingerprint density at radius 3 is 2.63 bits per heavy atom. The number of nitrogens with zero attached hydrogens (tertiary/aromatic N) is 6. The van der Waals surface area contributed by atoms with E-state index in [9.17, 15) is 0 Å². The summed E-state index contributed by atoms with van der Waals surface area (Å²) in [6.45, 7) is 6.42. The van der Waals surface area contributed by atoms with Gasteiger partial charge >= 0.3 is 6.01 Å². The summed E-state index contributed by atoms with van der Waals surface area (Å²) in [6.07, 6.45) is 4.38. The Balaban J connectivity index is 1.83. The van der Waals surface area contributed by atoms with Crippen LogP contribution in [0.1, 0.15) is 20.3 Å². The zero-order valence-corrected chi connectivity index (χ0v) is 16.5. The molecule has 1 saturated heterocycles. The van der Waals surface area contributed by atoms with E-state index in [-0.39, 0.29) is 11.4 Å². The maximum absolute atomic E-state index is 6.35. The number of anilines is 1. The number of hydrogen-bond acceptors (Lipinski definition) is 7. The SMILES string of the molecule is COc1ncc(-c2cc3c(N4CCC(C)(C)C4)ncc(Cl)n3n2)c(OC)n1. The van der Waals surface area contributed by atoms with Gasteiger partial charge in [0.15, 0.2) is 5.82 Å². The van der Waals surface area contributed by atoms with Crippen molar-refractivity contribution in [1.29, 1.82) is 0 Å². The Labute approximate surface area is 162 Å². The number of fused-ring (bicyclic) bond motifs is 1. The first-order valence-corrected chi connectivity index (χ1v) is 9.04. The second-order valence-corrected chi connectivity index (χ2v) is 7.73. The second kappa shape index (κ2) is 6.53. The zero-order valence-electron chi connectivity index (χ0n) is 15.7. The van der Waals surface area contributed by atoms with Gasteiger partial charge in [0.1, 0.15) is 16.4 Å². The molecule has 4 rings (SSSR count). The molecule has 4 heterocycles. The van der Waals surface area contributed by atoms with Gasteiger partial charge in [-0.1, -0.05) is 25.4 Å². The number of rotatable bonds is 4. The van der Waals surface area contributed by atoms with Gasteiger partial charge in [-0.25, -0.2) is 14.5 Å². The molecule has 1 aliphatic rings. The van der Waals surface area contributed by atoms with E-state index < -0.39 is 0 Å². The van der Waals surface area contributed by atoms with Gasteiger partial charge < -0.3 is 14.4 Å². The van der Waals surface area contributed by atoms with Crippen LogP contribution in [-0.2, 0) is 0 Å². The zero-order chi connectivity index (χ0) is 19.2. The second-order valence-electron chi connectivity index (χ2n) is 7.35. The van der Waals surface area contributed by atoms with Gasteiger partial charge in [0.05, 0.1) is 26.0 Å². The van der Waals surface area contributed by atoms with E-state index in [1.165, 1.54) is 7.11 Å². The van der Waals surface area contributed by atoms with Crippen molar-refractivity contribution in [3.8, 4) is 23.1 Å². The fraction of sp³-hybridized carbons (Fsp3) is 0.444. The van der Waals surface area contributed by atoms with E-state index in [0.29, 0.717) is 22.3 Å². The Morgan fingerprint density at radius 2 is 1.96 bits per heavy atom. The lowest BCUT2D eigenvalue weighted by Gasteiger charge is -2.21. The molecule has 3 aromatic heterocycles. The maximum atomic E-state index is 6.35. The van der Waals surface area contributed by atoms with Gasteiger partial charge in [-0.3, -0.25) is 0 Å². The lowest BCUT2D eigenvalue weighted by Crippen LogP contribution is -2.24. The van der Waals surface area contributed by atoms with Gasteiger partial charge in [0, 0.05) is 19.3 Å². The molecule has 1 aliphatic heterocycles. The number of methoxy groups -OCH3 is 2. The van der Waals surface area contributed by atoms with Crippen molar-refractivity contribution in [3.63, 3.8) is 0 Å². The average Bonchev–Trinajstić information content (AvgIpc) is 3.25. The van der Waals surface area contributed by atoms with Gasteiger partial charge in [-0.2, -0.15) is 10.1 Å². The molecule has 0 aromatic carbocycles. The summed E-state index contributed by atoms with van der Waals surface area (Å²) in [7, 11) is 3.06. The normalized spacial score (nSPS) is 16.1. The van der Waals surface area contributed by atoms with Crippen LogP contribution in [0.5, 0.6) is 11.9 Å². The molecule has 27 heavy (non-hydrogen) atoms. The number of ether oxygens (including phenoxy) is 2. The summed E-state index contributed by atoms with van der Waals surface area (Å²) in [5.74, 6) is 1.26. The first kappa shape index (κ1) is 17.8. The molecule has 0 spiro atoms. The minimum absolute atomic E-state index is 0.235. The largest absolute Gasteiger partial charge is 0.480 e. The fourth-order valence-electron chi connectivity index (χ4n) is 3.39. The number of hydrogen-bond donors (Lipinski definition) is 0. The van der Waals surface area contributed by atoms with Crippen LogP contribution in [0.25, 0.3) is 16.8 Å². The molecule has 0 saturated carbocycles. The molecule has 0 amide bonds. The highest BCUT2D eigenvalue weighted by Crippen LogP contribution is 2.36. The van der Waals surface area contributed by atoms with E-state index >= 15 is 0 Å². The van der Waals surface area contributed by atoms with Crippen LogP contribution in [-0.4, -0.2) is 51.9 Å². The topological polar surface area (TPSA) is 77.7 Å². The predicted octanol–water partition coefficient (Wildman–Crippen LogP) is 3.09. The van der Waals surface area contributed by atoms with Crippen LogP contribution in [0, 0.1) is 5.41 Å². The van der Waals surface area contributed by atoms with Crippen molar-refractivity contribution in [1.82, 2.24) is 24.6 Å². The van der Waals surface area contributed by atoms with E-state index in [1.54, 1.807) is 24.0 Å². The molecule has 0 radical (unpaired) electrons. The highest BCUT2D eigenvalue weighted by Gasteiger charge is 2.31. The average molecular weight is 389 g/mol. The van der Waals surface area contributed by atoms with Crippen LogP contribution in [0.2, 0.25) is 5.15 Å². The highest BCUT2D eigenvalue weighted by molar-refractivity contribution is 6.29. The Kier molecular flexibility index (Phi) is 4.30. The number of halogens is 1. The van der Waals surface area contributed by atoms with Gasteiger partial charge in [0.2, 0.25) is 5.88 Å². The predicted molar refractivity (Wildman–Crippen MR) is 103 cm³/mol. The molecule has 3 aromatic rings. The van der Waals surface area contributed by atoms with E-state index in [0.717, 1.165) is 30.8 Å². The standard InChI is InChI=1S/C18H21ClN6O2/c1-18(2)5-6-24(10-18)15-13-7-12(23-25(13)14(19)9-20-15)11-8-21-17(27-4)22-16(11)26-3/h7-9H,5-6,10H2,1-4H3. The van der Waals surface area contributed by atoms with Crippen molar-refractivity contribution in [3.05, 3.63) is 23.6 Å². The third-order valence-electron chi connectivity index (χ3n) is 4.79. The molecule has 0 unspecified atom stereocenters. The molecule has 1 fully saturated rings. The molecule has 8 nitrogen and oxygen atoms in total. The van der Waals surface area contributed by atoms with Crippen molar-refractivity contribution >= 4 is 22.9 Å². The fourth-order valence-corrected chi connectivity index (χ4v) is 3.57. The lowest BCUT2D eigenvalue weighted by atomic mass is 9.93. The smallest absolute Gasteiger partial charge is 0.319 e. The first-order chi connectivity index (χ1) is 12.9. The summed E-state index contributed by atoms with van der Waals surface area (Å²) in [5, 5.41) is 5.07. The van der Waals surface area contributed by atoms with E-state index in [4.69, 9.17) is 21.1 Å². The summed E-state index contributed by atoms with van der Waals surface area (Å²) < 4.78 is 12.1. The van der Waals surface area contributed by atoms with Crippen LogP contribution in [0.15, 0.2) is 18.5 Å². The minimum atomic E-state index is 0.235. The molecule has 0 aliphatic carbocycles. The molecule has 0 bridgehead atoms. The summed E-state index contributed by atoms with van der Waals surface area (Å²) in [4.78, 5) is 15.3. The van der Waals surface area contributed by atoms with Crippen LogP contribution in [0.4, 0.5) is 5.82 Å². The van der Waals surface area contributed by atoms with Crippen LogP contribution in [0.3, 0.4) is 0 Å². The molecule has 0 atom stereocenters. The minimum Gasteiger partial charge on any atom is -0.480 e. The summed E-state index contributed by atoms with van der Waals surface area (Å²) in [5.41, 5.74) is 2.41. The Bertz CT molecular complexity index is 1000. The lowest BCUT2D eigenvalue weighted by molar-refractivity contribution is 0.353. The molecule has 0 N–H and O–H groups in total. The monoisotopic (exact) mass is 388 g/mol. The maximum Gasteiger partial charge on any atom is 0.319 e. The third kappa shape index (κ3) is 3.14. The van der Waals surface area contributed by atoms with Crippen LogP contribution >= 0.6 is 11.6 Å². The van der Waals surface area contributed by atoms with Crippen molar-refractivity contribution in [2.24, 2.45) is 5.41 Å². The Hall–Kier alpha value is -2.61. The van der Waals surface area contributed by atoms with Crippen molar-refractivity contribution in [2.75, 3.05) is 32.2 Å². The van der Waals surface area contributed by atoms with E-state index in [2.05, 4.69) is 38.8 Å². The van der Waals surface area contributed by atoms with E-state index in [1.807, 2.05) is 6.07 Å². The highest BCUT2D eigenvalue weighted by atomic mass is 35.5. The molecule has 142 valence electrons. The first-order valence-electron chi connectivity index (χ1n) is 8.66.